The maximum absolute atomic E-state index is 12.1. The lowest BCUT2D eigenvalue weighted by atomic mass is 10.0. The second kappa shape index (κ2) is 5.96. The lowest BCUT2D eigenvalue weighted by Crippen LogP contribution is -2.41. The molecular weight excluding hydrogens is 248 g/mol. The highest BCUT2D eigenvalue weighted by atomic mass is 16.2. The third kappa shape index (κ3) is 4.07. The van der Waals surface area contributed by atoms with E-state index in [1.807, 2.05) is 0 Å². The second-order valence-corrected chi connectivity index (χ2v) is 6.77. The smallest absolute Gasteiger partial charge is 0.223 e. The molecular formula is C17H26N2O. The molecule has 0 aliphatic heterocycles. The van der Waals surface area contributed by atoms with Gasteiger partial charge < -0.3 is 10.6 Å². The van der Waals surface area contributed by atoms with Crippen molar-refractivity contribution in [3.63, 3.8) is 0 Å². The number of amides is 1. The largest absolute Gasteiger partial charge is 0.355 e. The number of aryl methyl sites for hydroxylation is 1. The van der Waals surface area contributed by atoms with Gasteiger partial charge in [0.05, 0.1) is 0 Å². The van der Waals surface area contributed by atoms with Crippen LogP contribution in [-0.4, -0.2) is 24.5 Å². The molecule has 0 heterocycles. The van der Waals surface area contributed by atoms with Crippen molar-refractivity contribution in [2.45, 2.75) is 45.6 Å². The van der Waals surface area contributed by atoms with Gasteiger partial charge in [-0.15, -0.1) is 0 Å². The summed E-state index contributed by atoms with van der Waals surface area (Å²) in [6, 6.07) is 8.38. The van der Waals surface area contributed by atoms with Crippen molar-refractivity contribution in [3.05, 3.63) is 35.4 Å². The second-order valence-electron chi connectivity index (χ2n) is 6.77. The number of hydrogen-bond acceptors (Lipinski definition) is 2. The van der Waals surface area contributed by atoms with E-state index < -0.39 is 0 Å². The van der Waals surface area contributed by atoms with Gasteiger partial charge in [-0.05, 0) is 51.2 Å². The zero-order valence-electron chi connectivity index (χ0n) is 13.0. The molecule has 2 rings (SSSR count). The maximum Gasteiger partial charge on any atom is 0.223 e. The monoisotopic (exact) mass is 274 g/mol. The average Bonchev–Trinajstić information content (AvgIpc) is 3.14. The van der Waals surface area contributed by atoms with Gasteiger partial charge in [0.1, 0.15) is 0 Å². The van der Waals surface area contributed by atoms with Crippen molar-refractivity contribution in [2.75, 3.05) is 13.1 Å². The molecule has 3 nitrogen and oxygen atoms in total. The van der Waals surface area contributed by atoms with Crippen molar-refractivity contribution >= 4 is 5.91 Å². The predicted molar refractivity (Wildman–Crippen MR) is 82.8 cm³/mol. The van der Waals surface area contributed by atoms with Gasteiger partial charge in [-0.2, -0.15) is 0 Å². The summed E-state index contributed by atoms with van der Waals surface area (Å²) in [6.45, 7) is 10.0. The van der Waals surface area contributed by atoms with Crippen molar-refractivity contribution in [3.8, 4) is 0 Å². The summed E-state index contributed by atoms with van der Waals surface area (Å²) in [4.78, 5) is 12.1. The molecule has 1 fully saturated rings. The number of carbonyl (C=O) groups excluding carboxylic acids is 1. The number of nitrogens with one attached hydrogen (secondary N) is 2. The third-order valence-corrected chi connectivity index (χ3v) is 3.79. The van der Waals surface area contributed by atoms with Crippen molar-refractivity contribution < 1.29 is 4.79 Å². The quantitative estimate of drug-likeness (QED) is 0.810. The maximum atomic E-state index is 12.1. The van der Waals surface area contributed by atoms with Crippen molar-refractivity contribution in [1.29, 1.82) is 0 Å². The normalized spacial score (nSPS) is 21.6. The third-order valence-electron chi connectivity index (χ3n) is 3.79. The molecule has 0 aromatic heterocycles. The van der Waals surface area contributed by atoms with E-state index in [4.69, 9.17) is 0 Å². The zero-order valence-corrected chi connectivity index (χ0v) is 13.0. The van der Waals surface area contributed by atoms with Crippen molar-refractivity contribution in [1.82, 2.24) is 10.6 Å². The summed E-state index contributed by atoms with van der Waals surface area (Å²) in [5.74, 6) is 0.798. The standard InChI is InChI=1S/C17H26N2O/c1-12-7-5-6-8-13(12)14-11-15(14)16(20)18-9-10-19-17(2,3)4/h5-8,14-15,19H,9-11H2,1-4H3,(H,18,20)/t14-,15-/m1/s1. The van der Waals surface area contributed by atoms with Crippen LogP contribution in [0.3, 0.4) is 0 Å². The van der Waals surface area contributed by atoms with E-state index >= 15 is 0 Å². The van der Waals surface area contributed by atoms with E-state index in [-0.39, 0.29) is 17.4 Å². The molecule has 0 bridgehead atoms. The first kappa shape index (κ1) is 15.0. The summed E-state index contributed by atoms with van der Waals surface area (Å²) >= 11 is 0. The first-order valence-corrected chi connectivity index (χ1v) is 7.47. The topological polar surface area (TPSA) is 41.1 Å². The summed E-state index contributed by atoms with van der Waals surface area (Å²) in [7, 11) is 0. The highest BCUT2D eigenvalue weighted by Crippen LogP contribution is 2.48. The van der Waals surface area contributed by atoms with Gasteiger partial charge in [0, 0.05) is 24.5 Å². The number of carbonyl (C=O) groups is 1. The fraction of sp³-hybridized carbons (Fsp3) is 0.588. The van der Waals surface area contributed by atoms with Crippen LogP contribution in [0.15, 0.2) is 24.3 Å². The van der Waals surface area contributed by atoms with Gasteiger partial charge in [0.25, 0.3) is 0 Å². The molecule has 0 radical (unpaired) electrons. The van der Waals surface area contributed by atoms with Crippen molar-refractivity contribution in [2.24, 2.45) is 5.92 Å². The van der Waals surface area contributed by atoms with Crippen LogP contribution >= 0.6 is 0 Å². The van der Waals surface area contributed by atoms with E-state index in [1.165, 1.54) is 11.1 Å². The number of benzene rings is 1. The number of rotatable bonds is 5. The molecule has 1 aromatic rings. The Morgan fingerprint density at radius 1 is 1.25 bits per heavy atom. The highest BCUT2D eigenvalue weighted by molar-refractivity contribution is 5.83. The van der Waals surface area contributed by atoms with Crippen LogP contribution in [0.1, 0.15) is 44.2 Å². The van der Waals surface area contributed by atoms with E-state index in [9.17, 15) is 4.79 Å². The molecule has 1 saturated carbocycles. The van der Waals surface area contributed by atoms with Gasteiger partial charge in [0.2, 0.25) is 5.91 Å². The number of hydrogen-bond donors (Lipinski definition) is 2. The molecule has 20 heavy (non-hydrogen) atoms. The molecule has 2 atom stereocenters. The van der Waals surface area contributed by atoms with Gasteiger partial charge in [-0.1, -0.05) is 24.3 Å². The SMILES string of the molecule is Cc1ccccc1[C@H]1C[C@H]1C(=O)NCCNC(C)(C)C. The van der Waals surface area contributed by atoms with E-state index in [0.717, 1.165) is 13.0 Å². The Morgan fingerprint density at radius 3 is 2.60 bits per heavy atom. The Kier molecular flexibility index (Phi) is 4.48. The summed E-state index contributed by atoms with van der Waals surface area (Å²) < 4.78 is 0. The van der Waals surface area contributed by atoms with Gasteiger partial charge >= 0.3 is 0 Å². The Morgan fingerprint density at radius 2 is 1.95 bits per heavy atom. The highest BCUT2D eigenvalue weighted by Gasteiger charge is 2.44. The Balaban J connectivity index is 1.75. The van der Waals surface area contributed by atoms with Crippen LogP contribution in [0, 0.1) is 12.8 Å². The Bertz CT molecular complexity index is 476. The summed E-state index contributed by atoms with van der Waals surface area (Å²) in [6.07, 6.45) is 0.989. The Labute approximate surface area is 122 Å². The zero-order chi connectivity index (χ0) is 14.8. The van der Waals surface area contributed by atoms with Crippen LogP contribution in [0.4, 0.5) is 0 Å². The van der Waals surface area contributed by atoms with Gasteiger partial charge in [0.15, 0.2) is 0 Å². The van der Waals surface area contributed by atoms with E-state index in [2.05, 4.69) is 62.6 Å². The molecule has 0 spiro atoms. The molecule has 1 aliphatic carbocycles. The molecule has 2 N–H and O–H groups in total. The molecule has 1 aromatic carbocycles. The first-order valence-electron chi connectivity index (χ1n) is 7.47. The van der Waals surface area contributed by atoms with Crippen LogP contribution in [-0.2, 0) is 4.79 Å². The van der Waals surface area contributed by atoms with Crippen LogP contribution in [0.5, 0.6) is 0 Å². The summed E-state index contributed by atoms with van der Waals surface area (Å²) in [5.41, 5.74) is 2.73. The summed E-state index contributed by atoms with van der Waals surface area (Å²) in [5, 5.41) is 6.41. The van der Waals surface area contributed by atoms with Crippen LogP contribution in [0.2, 0.25) is 0 Å². The predicted octanol–water partition coefficient (Wildman–Crippen LogP) is 2.60. The lowest BCUT2D eigenvalue weighted by molar-refractivity contribution is -0.122. The first-order chi connectivity index (χ1) is 9.38. The molecule has 110 valence electrons. The molecule has 1 amide bonds. The molecule has 1 aliphatic rings. The minimum absolute atomic E-state index is 0.105. The van der Waals surface area contributed by atoms with Crippen LogP contribution in [0.25, 0.3) is 0 Å². The minimum Gasteiger partial charge on any atom is -0.355 e. The molecule has 3 heteroatoms. The Hall–Kier alpha value is -1.35. The van der Waals surface area contributed by atoms with Gasteiger partial charge in [-0.25, -0.2) is 0 Å². The average molecular weight is 274 g/mol. The van der Waals surface area contributed by atoms with Gasteiger partial charge in [-0.3, -0.25) is 4.79 Å². The molecule has 0 saturated heterocycles. The fourth-order valence-electron chi connectivity index (χ4n) is 2.59. The van der Waals surface area contributed by atoms with E-state index in [0.29, 0.717) is 12.5 Å². The fourth-order valence-corrected chi connectivity index (χ4v) is 2.59. The van der Waals surface area contributed by atoms with Crippen LogP contribution < -0.4 is 10.6 Å². The lowest BCUT2D eigenvalue weighted by Gasteiger charge is -2.20. The molecule has 0 unspecified atom stereocenters. The van der Waals surface area contributed by atoms with E-state index in [1.54, 1.807) is 0 Å². The minimum atomic E-state index is 0.105.